The Balaban J connectivity index is 1.43. The summed E-state index contributed by atoms with van der Waals surface area (Å²) in [5.74, 6) is 0. The Morgan fingerprint density at radius 2 is 1.41 bits per heavy atom. The van der Waals surface area contributed by atoms with Gasteiger partial charge in [0.1, 0.15) is 0 Å². The molecule has 0 atom stereocenters. The number of allylic oxidation sites excluding steroid dienone is 2. The smallest absolute Gasteiger partial charge is 0.0619 e. The van der Waals surface area contributed by atoms with Crippen LogP contribution in [0.1, 0.15) is 5.56 Å². The second-order valence-electron chi connectivity index (χ2n) is 10.4. The normalized spacial score (nSPS) is 13.0. The summed E-state index contributed by atoms with van der Waals surface area (Å²) in [6.07, 6.45) is 10.0. The van der Waals surface area contributed by atoms with Gasteiger partial charge in [-0.1, -0.05) is 97.1 Å². The highest BCUT2D eigenvalue weighted by molar-refractivity contribution is 6.19. The van der Waals surface area contributed by atoms with E-state index in [1.54, 1.807) is 0 Å². The lowest BCUT2D eigenvalue weighted by atomic mass is 10.0. The number of rotatable bonds is 4. The van der Waals surface area contributed by atoms with Crippen LogP contribution < -0.4 is 0 Å². The first-order chi connectivity index (χ1) is 20.3. The van der Waals surface area contributed by atoms with Crippen LogP contribution in [-0.4, -0.2) is 16.1 Å². The van der Waals surface area contributed by atoms with Gasteiger partial charge in [0.2, 0.25) is 0 Å². The first-order valence-corrected chi connectivity index (χ1v) is 14.0. The van der Waals surface area contributed by atoms with E-state index in [1.807, 2.05) is 18.5 Å². The summed E-state index contributed by atoms with van der Waals surface area (Å²) in [5.41, 5.74) is 10.4. The van der Waals surface area contributed by atoms with Gasteiger partial charge in [-0.05, 0) is 58.0 Å². The number of pyridine rings is 1. The summed E-state index contributed by atoms with van der Waals surface area (Å²) in [5, 5.41) is 9.62. The predicted molar refractivity (Wildman–Crippen MR) is 172 cm³/mol. The second kappa shape index (κ2) is 9.65. The van der Waals surface area contributed by atoms with Gasteiger partial charge in [0.05, 0.1) is 11.0 Å². The van der Waals surface area contributed by atoms with Crippen molar-refractivity contribution >= 4 is 38.3 Å². The monoisotopic (exact) mass is 524 g/mol. The number of nitrogens with zero attached hydrogens (tertiary/aromatic N) is 3. The molecule has 0 saturated heterocycles. The Morgan fingerprint density at radius 3 is 2.27 bits per heavy atom. The van der Waals surface area contributed by atoms with Crippen molar-refractivity contribution in [3.63, 3.8) is 0 Å². The van der Waals surface area contributed by atoms with Crippen LogP contribution in [0.5, 0.6) is 0 Å². The van der Waals surface area contributed by atoms with Crippen molar-refractivity contribution in [1.29, 1.82) is 0 Å². The van der Waals surface area contributed by atoms with Crippen LogP contribution in [0.3, 0.4) is 0 Å². The van der Waals surface area contributed by atoms with Crippen molar-refractivity contribution in [2.75, 3.05) is 6.54 Å². The van der Waals surface area contributed by atoms with Crippen LogP contribution >= 0.6 is 0 Å². The Hall–Kier alpha value is -5.41. The van der Waals surface area contributed by atoms with Crippen molar-refractivity contribution in [3.8, 4) is 27.9 Å². The topological polar surface area (TPSA) is 31.9 Å². The first kappa shape index (κ1) is 23.5. The second-order valence-corrected chi connectivity index (χ2v) is 10.4. The number of aromatic nitrogens is 2. The largest absolute Gasteiger partial charge is 0.681 e. The minimum Gasteiger partial charge on any atom is -0.681 e. The van der Waals surface area contributed by atoms with Gasteiger partial charge in [-0.2, -0.15) is 0 Å². The molecule has 0 amide bonds. The van der Waals surface area contributed by atoms with E-state index >= 15 is 0 Å². The molecule has 0 N–H and O–H groups in total. The quantitative estimate of drug-likeness (QED) is 0.225. The fraction of sp³-hybridized carbons (Fsp3) is 0.0263. The van der Waals surface area contributed by atoms with E-state index in [2.05, 4.69) is 137 Å². The maximum Gasteiger partial charge on any atom is 0.0619 e. The third-order valence-electron chi connectivity index (χ3n) is 8.00. The van der Waals surface area contributed by atoms with Gasteiger partial charge in [0.25, 0.3) is 0 Å². The Kier molecular flexibility index (Phi) is 5.53. The highest BCUT2D eigenvalue weighted by atomic mass is 15.0. The molecular weight excluding hydrogens is 498 g/mol. The summed E-state index contributed by atoms with van der Waals surface area (Å²) in [6, 6.07) is 41.6. The first-order valence-electron chi connectivity index (χ1n) is 14.0. The third kappa shape index (κ3) is 4.02. The average Bonchev–Trinajstić information content (AvgIpc) is 3.40. The van der Waals surface area contributed by atoms with Gasteiger partial charge in [-0.25, -0.2) is 0 Å². The molecule has 0 aliphatic carbocycles. The summed E-state index contributed by atoms with van der Waals surface area (Å²) >= 11 is 0. The predicted octanol–water partition coefficient (Wildman–Crippen LogP) is 9.95. The molecule has 1 aliphatic heterocycles. The molecule has 0 fully saturated rings. The Labute approximate surface area is 238 Å². The molecule has 194 valence electrons. The zero-order valence-corrected chi connectivity index (χ0v) is 22.4. The fourth-order valence-electron chi connectivity index (χ4n) is 6.04. The molecule has 0 spiro atoms. The number of hydrogen-bond acceptors (Lipinski definition) is 1. The number of hydrogen-bond donors (Lipinski definition) is 0. The standard InChI is InChI=1S/C38H26N3/c1-2-8-26(9-3-1)27-10-6-12-32(23-27)41-37-24-28(31-11-7-20-39-25-31)14-18-34(37)35-19-15-29-22-30(16-17-33(29)38(35)41)36-13-4-5-21-40-36/h1-20,22-25H,21H2/q-1. The van der Waals surface area contributed by atoms with Gasteiger partial charge in [-0.3, -0.25) is 4.98 Å². The molecule has 7 aromatic rings. The van der Waals surface area contributed by atoms with Gasteiger partial charge < -0.3 is 9.88 Å². The van der Waals surface area contributed by atoms with E-state index in [-0.39, 0.29) is 0 Å². The van der Waals surface area contributed by atoms with Crippen molar-refractivity contribution in [1.82, 2.24) is 9.55 Å². The van der Waals surface area contributed by atoms with E-state index < -0.39 is 0 Å². The lowest BCUT2D eigenvalue weighted by molar-refractivity contribution is 1.19. The van der Waals surface area contributed by atoms with Gasteiger partial charge in [-0.15, -0.1) is 18.3 Å². The van der Waals surface area contributed by atoms with Crippen LogP contribution in [0, 0.1) is 0 Å². The van der Waals surface area contributed by atoms with Crippen molar-refractivity contribution in [2.45, 2.75) is 0 Å². The number of benzene rings is 5. The Bertz CT molecular complexity index is 2130. The highest BCUT2D eigenvalue weighted by Crippen LogP contribution is 2.40. The van der Waals surface area contributed by atoms with Gasteiger partial charge in [0.15, 0.2) is 0 Å². The van der Waals surface area contributed by atoms with Crippen LogP contribution in [0.2, 0.25) is 0 Å². The molecule has 3 nitrogen and oxygen atoms in total. The van der Waals surface area contributed by atoms with E-state index in [0.29, 0.717) is 0 Å². The Morgan fingerprint density at radius 1 is 0.610 bits per heavy atom. The molecule has 2 aromatic heterocycles. The molecular formula is C38H26N3-. The van der Waals surface area contributed by atoms with E-state index in [0.717, 1.165) is 34.6 Å². The van der Waals surface area contributed by atoms with Crippen molar-refractivity contribution < 1.29 is 0 Å². The number of fused-ring (bicyclic) bond motifs is 5. The minimum absolute atomic E-state index is 0.730. The zero-order chi connectivity index (χ0) is 27.2. The molecule has 41 heavy (non-hydrogen) atoms. The highest BCUT2D eigenvalue weighted by Gasteiger charge is 2.17. The third-order valence-corrected chi connectivity index (χ3v) is 8.00. The van der Waals surface area contributed by atoms with E-state index in [1.165, 1.54) is 43.7 Å². The molecule has 0 radical (unpaired) electrons. The molecule has 3 heteroatoms. The molecule has 0 bridgehead atoms. The van der Waals surface area contributed by atoms with Crippen molar-refractivity contribution in [2.24, 2.45) is 0 Å². The lowest BCUT2D eigenvalue weighted by Gasteiger charge is -2.26. The molecule has 0 unspecified atom stereocenters. The maximum absolute atomic E-state index is 4.71. The van der Waals surface area contributed by atoms with E-state index in [4.69, 9.17) is 5.32 Å². The maximum atomic E-state index is 4.71. The molecule has 5 aromatic carbocycles. The molecule has 3 heterocycles. The zero-order valence-electron chi connectivity index (χ0n) is 22.4. The molecule has 8 rings (SSSR count). The molecule has 1 aliphatic rings. The summed E-state index contributed by atoms with van der Waals surface area (Å²) < 4.78 is 2.44. The minimum atomic E-state index is 0.730. The summed E-state index contributed by atoms with van der Waals surface area (Å²) in [6.45, 7) is 0.730. The van der Waals surface area contributed by atoms with Crippen LogP contribution in [0.25, 0.3) is 71.5 Å². The average molecular weight is 525 g/mol. The SMILES string of the molecule is C1=CC[N-]C(c2ccc3c(ccc4c5ccc(-c6cccnc6)cc5n(-c5cccc(-c6ccccc6)c5)c34)c2)=C1. The lowest BCUT2D eigenvalue weighted by Crippen LogP contribution is -1.96. The van der Waals surface area contributed by atoms with Gasteiger partial charge >= 0.3 is 0 Å². The fourth-order valence-corrected chi connectivity index (χ4v) is 6.04. The molecule has 0 saturated carbocycles. The van der Waals surface area contributed by atoms with Crippen LogP contribution in [0.15, 0.2) is 146 Å². The van der Waals surface area contributed by atoms with E-state index in [9.17, 15) is 0 Å². The summed E-state index contributed by atoms with van der Waals surface area (Å²) in [4.78, 5) is 4.37. The van der Waals surface area contributed by atoms with Crippen molar-refractivity contribution in [3.05, 3.63) is 157 Å². The van der Waals surface area contributed by atoms with Gasteiger partial charge in [0, 0.05) is 39.8 Å². The summed E-state index contributed by atoms with van der Waals surface area (Å²) in [7, 11) is 0. The van der Waals surface area contributed by atoms with Crippen LogP contribution in [0.4, 0.5) is 0 Å². The van der Waals surface area contributed by atoms with Crippen LogP contribution in [-0.2, 0) is 0 Å².